The average molecular weight is 473 g/mol. The monoisotopic (exact) mass is 472 g/mol. The standard InChI is InChI=1S/C22H15F3N.2ClH.Cr/c1-14-18(15-7-9-17(10-8-15)22(23,24)25)11-12-19(14)20-6-2-4-16-5-3-13-26-21(16)20;;;/h2-13H,1H3;2*1H;/q-1;;;+3/p-2. The average Bonchev–Trinajstić information content (AvgIpc) is 3.02. The minimum absolute atomic E-state index is 0. The molecule has 149 valence electrons. The van der Waals surface area contributed by atoms with E-state index in [9.17, 15) is 13.2 Å². The third kappa shape index (κ3) is 4.82. The van der Waals surface area contributed by atoms with E-state index in [0.717, 1.165) is 50.9 Å². The first-order valence-electron chi connectivity index (χ1n) is 8.23. The molecule has 0 saturated heterocycles. The number of halogens is 5. The fourth-order valence-electron chi connectivity index (χ4n) is 3.33. The second kappa shape index (κ2) is 9.74. The first-order chi connectivity index (χ1) is 12.4. The van der Waals surface area contributed by atoms with Crippen molar-refractivity contribution in [2.24, 2.45) is 0 Å². The summed E-state index contributed by atoms with van der Waals surface area (Å²) in [5, 5.41) is 1.06. The van der Waals surface area contributed by atoms with Crippen LogP contribution in [0.1, 0.15) is 11.1 Å². The molecule has 0 fully saturated rings. The van der Waals surface area contributed by atoms with Crippen LogP contribution in [0.2, 0.25) is 0 Å². The molecule has 0 aliphatic heterocycles. The van der Waals surface area contributed by atoms with Crippen molar-refractivity contribution >= 4 is 10.9 Å². The molecule has 1 heterocycles. The van der Waals surface area contributed by atoms with Gasteiger partial charge in [-0.05, 0) is 11.5 Å². The number of alkyl halides is 3. The molecule has 4 aromatic rings. The van der Waals surface area contributed by atoms with Crippen molar-refractivity contribution in [1.82, 2.24) is 4.98 Å². The van der Waals surface area contributed by atoms with Crippen molar-refractivity contribution < 1.29 is 55.3 Å². The number of hydrogen-bond acceptors (Lipinski definition) is 1. The Morgan fingerprint density at radius 2 is 1.52 bits per heavy atom. The van der Waals surface area contributed by atoms with Crippen LogP contribution in [0, 0.1) is 6.92 Å². The van der Waals surface area contributed by atoms with Gasteiger partial charge in [-0.2, -0.15) is 13.2 Å². The summed E-state index contributed by atoms with van der Waals surface area (Å²) in [6.45, 7) is 1.99. The van der Waals surface area contributed by atoms with E-state index in [1.165, 1.54) is 12.1 Å². The zero-order valence-corrected chi connectivity index (χ0v) is 18.0. The van der Waals surface area contributed by atoms with Crippen LogP contribution in [0.3, 0.4) is 0 Å². The number of fused-ring (bicyclic) bond motifs is 1. The summed E-state index contributed by atoms with van der Waals surface area (Å²) >= 11 is 0. The Labute approximate surface area is 190 Å². The zero-order valence-electron chi connectivity index (χ0n) is 15.2. The number of pyridine rings is 1. The van der Waals surface area contributed by atoms with E-state index in [4.69, 9.17) is 0 Å². The second-order valence-corrected chi connectivity index (χ2v) is 6.24. The zero-order chi connectivity index (χ0) is 18.3. The van der Waals surface area contributed by atoms with Crippen molar-refractivity contribution in [2.75, 3.05) is 0 Å². The summed E-state index contributed by atoms with van der Waals surface area (Å²) in [4.78, 5) is 4.49. The van der Waals surface area contributed by atoms with Gasteiger partial charge in [0.2, 0.25) is 0 Å². The van der Waals surface area contributed by atoms with Crippen LogP contribution in [0.5, 0.6) is 0 Å². The molecule has 0 saturated carbocycles. The summed E-state index contributed by atoms with van der Waals surface area (Å²) in [5.74, 6) is 0. The van der Waals surface area contributed by atoms with E-state index in [1.54, 1.807) is 6.20 Å². The van der Waals surface area contributed by atoms with E-state index >= 15 is 0 Å². The Kier molecular flexibility index (Phi) is 8.44. The summed E-state index contributed by atoms with van der Waals surface area (Å²) in [6.07, 6.45) is -2.56. The number of hydrogen-bond donors (Lipinski definition) is 0. The van der Waals surface area contributed by atoms with Crippen LogP contribution in [-0.4, -0.2) is 4.98 Å². The Hall–Kier alpha value is -1.90. The molecule has 3 aromatic carbocycles. The molecule has 0 amide bonds. The largest absolute Gasteiger partial charge is 3.00 e. The van der Waals surface area contributed by atoms with Crippen LogP contribution >= 0.6 is 0 Å². The number of benzene rings is 2. The minimum Gasteiger partial charge on any atom is -1.00 e. The molecule has 4 rings (SSSR count). The molecule has 0 aliphatic carbocycles. The molecule has 1 radical (unpaired) electrons. The Morgan fingerprint density at radius 3 is 2.17 bits per heavy atom. The minimum atomic E-state index is -4.32. The van der Waals surface area contributed by atoms with Gasteiger partial charge in [0.1, 0.15) is 0 Å². The smallest absolute Gasteiger partial charge is 1.00 e. The van der Waals surface area contributed by atoms with Gasteiger partial charge in [0.25, 0.3) is 0 Å². The van der Waals surface area contributed by atoms with E-state index in [-0.39, 0.29) is 42.2 Å². The van der Waals surface area contributed by atoms with Gasteiger partial charge < -0.3 is 24.8 Å². The van der Waals surface area contributed by atoms with Gasteiger partial charge in [-0.3, -0.25) is 4.98 Å². The maximum Gasteiger partial charge on any atom is 3.00 e. The van der Waals surface area contributed by atoms with Crippen molar-refractivity contribution in [3.05, 3.63) is 84.1 Å². The topological polar surface area (TPSA) is 12.9 Å². The molecule has 0 unspecified atom stereocenters. The number of rotatable bonds is 2. The number of nitrogens with zero attached hydrogens (tertiary/aromatic N) is 1. The molecule has 1 aromatic heterocycles. The predicted octanol–water partition coefficient (Wildman–Crippen LogP) is 0.620. The van der Waals surface area contributed by atoms with E-state index in [2.05, 4.69) is 4.98 Å². The fourth-order valence-corrected chi connectivity index (χ4v) is 3.33. The first-order valence-corrected chi connectivity index (χ1v) is 8.23. The summed E-state index contributed by atoms with van der Waals surface area (Å²) < 4.78 is 38.3. The molecule has 0 bridgehead atoms. The van der Waals surface area contributed by atoms with Gasteiger partial charge in [-0.25, -0.2) is 0 Å². The van der Waals surface area contributed by atoms with E-state index in [0.29, 0.717) is 0 Å². The molecule has 0 N–H and O–H groups in total. The Morgan fingerprint density at radius 1 is 0.862 bits per heavy atom. The van der Waals surface area contributed by atoms with Crippen molar-refractivity contribution in [2.45, 2.75) is 13.1 Å². The van der Waals surface area contributed by atoms with Crippen LogP contribution < -0.4 is 24.8 Å². The number of para-hydroxylation sites is 1. The number of aromatic nitrogens is 1. The van der Waals surface area contributed by atoms with Gasteiger partial charge in [0.05, 0.1) is 5.56 Å². The van der Waals surface area contributed by atoms with Gasteiger partial charge in [-0.1, -0.05) is 66.1 Å². The Balaban J connectivity index is 0.00000140. The molecule has 0 aliphatic rings. The third-order valence-corrected chi connectivity index (χ3v) is 4.67. The quantitative estimate of drug-likeness (QED) is 0.390. The predicted molar refractivity (Wildman–Crippen MR) is 97.9 cm³/mol. The van der Waals surface area contributed by atoms with Crippen LogP contribution in [0.15, 0.2) is 72.9 Å². The van der Waals surface area contributed by atoms with Gasteiger partial charge in [-0.15, -0.1) is 29.3 Å². The van der Waals surface area contributed by atoms with Gasteiger partial charge in [0, 0.05) is 11.7 Å². The van der Waals surface area contributed by atoms with E-state index < -0.39 is 11.7 Å². The molecule has 29 heavy (non-hydrogen) atoms. The first kappa shape index (κ1) is 25.1. The summed E-state index contributed by atoms with van der Waals surface area (Å²) in [5.41, 5.74) is 5.09. The maximum absolute atomic E-state index is 12.8. The fraction of sp³-hybridized carbons (Fsp3) is 0.0909. The summed E-state index contributed by atoms with van der Waals surface area (Å²) in [7, 11) is 0. The molecule has 0 atom stereocenters. The Bertz CT molecular complexity index is 1080. The summed E-state index contributed by atoms with van der Waals surface area (Å²) in [6, 6.07) is 19.2. The molecule has 1 nitrogen and oxygen atoms in total. The van der Waals surface area contributed by atoms with Gasteiger partial charge >= 0.3 is 23.5 Å². The normalized spacial score (nSPS) is 10.6. The van der Waals surface area contributed by atoms with Gasteiger partial charge in [0.15, 0.2) is 0 Å². The molecular formula is C22H15Cl2CrF3N. The van der Waals surface area contributed by atoms with Crippen molar-refractivity contribution in [3.63, 3.8) is 0 Å². The third-order valence-electron chi connectivity index (χ3n) is 4.67. The van der Waals surface area contributed by atoms with Crippen molar-refractivity contribution in [3.8, 4) is 22.3 Å². The van der Waals surface area contributed by atoms with Crippen molar-refractivity contribution in [1.29, 1.82) is 0 Å². The van der Waals surface area contributed by atoms with Crippen LogP contribution in [0.4, 0.5) is 13.2 Å². The maximum atomic E-state index is 12.8. The molecule has 7 heteroatoms. The van der Waals surface area contributed by atoms with E-state index in [1.807, 2.05) is 49.4 Å². The molecular weight excluding hydrogens is 458 g/mol. The van der Waals surface area contributed by atoms with Crippen LogP contribution in [-0.2, 0) is 23.5 Å². The molecule has 0 spiro atoms. The SMILES string of the molecule is Cc1c(-c2ccc(C(F)(F)F)cc2)cc[c-]1-c1cccc2cccnc12.[Cl-].[Cl-].[Cr+3]. The van der Waals surface area contributed by atoms with Crippen LogP contribution in [0.25, 0.3) is 33.2 Å². The second-order valence-electron chi connectivity index (χ2n) is 6.24.